The van der Waals surface area contributed by atoms with Crippen LogP contribution < -0.4 is 14.2 Å². The fourth-order valence-electron chi connectivity index (χ4n) is 2.51. The molecule has 0 N–H and O–H groups in total. The van der Waals surface area contributed by atoms with E-state index in [9.17, 15) is 5.26 Å². The van der Waals surface area contributed by atoms with E-state index in [4.69, 9.17) is 18.9 Å². The van der Waals surface area contributed by atoms with Crippen molar-refractivity contribution < 1.29 is 18.9 Å². The van der Waals surface area contributed by atoms with Crippen LogP contribution in [0.4, 0.5) is 0 Å². The van der Waals surface area contributed by atoms with E-state index in [1.54, 1.807) is 33.5 Å². The summed E-state index contributed by atoms with van der Waals surface area (Å²) in [4.78, 5) is 0. The van der Waals surface area contributed by atoms with Crippen LogP contribution in [0.2, 0.25) is 0 Å². The van der Waals surface area contributed by atoms with E-state index in [0.717, 1.165) is 18.4 Å². The number of ether oxygens (including phenoxy) is 4. The Morgan fingerprint density at radius 2 is 1.80 bits per heavy atom. The van der Waals surface area contributed by atoms with Gasteiger partial charge in [0, 0.05) is 18.7 Å². The second-order valence-electron chi connectivity index (χ2n) is 4.61. The fraction of sp³-hybridized carbons (Fsp3) is 0.533. The average Bonchev–Trinajstić information content (AvgIpc) is 2.53. The molecule has 0 radical (unpaired) electrons. The van der Waals surface area contributed by atoms with Crippen LogP contribution in [0.25, 0.3) is 0 Å². The first kappa shape index (κ1) is 14.5. The molecular weight excluding hydrogens is 258 g/mol. The first-order valence-corrected chi connectivity index (χ1v) is 6.56. The lowest BCUT2D eigenvalue weighted by atomic mass is 9.89. The van der Waals surface area contributed by atoms with Gasteiger partial charge >= 0.3 is 0 Å². The number of nitriles is 1. The summed E-state index contributed by atoms with van der Waals surface area (Å²) in [5, 5.41) is 9.31. The Kier molecular flexibility index (Phi) is 4.70. The summed E-state index contributed by atoms with van der Waals surface area (Å²) >= 11 is 0. The average molecular weight is 277 g/mol. The van der Waals surface area contributed by atoms with E-state index >= 15 is 0 Å². The van der Waals surface area contributed by atoms with Crippen molar-refractivity contribution in [1.29, 1.82) is 5.26 Å². The zero-order chi connectivity index (χ0) is 14.5. The quantitative estimate of drug-likeness (QED) is 0.846. The minimum Gasteiger partial charge on any atom is -0.496 e. The van der Waals surface area contributed by atoms with Gasteiger partial charge in [-0.2, -0.15) is 5.26 Å². The zero-order valence-corrected chi connectivity index (χ0v) is 12.0. The summed E-state index contributed by atoms with van der Waals surface area (Å²) < 4.78 is 21.9. The van der Waals surface area contributed by atoms with Gasteiger partial charge in [-0.15, -0.1) is 0 Å². The minimum atomic E-state index is -0.329. The van der Waals surface area contributed by atoms with Crippen molar-refractivity contribution in [2.24, 2.45) is 5.92 Å². The highest BCUT2D eigenvalue weighted by molar-refractivity contribution is 5.52. The number of nitrogens with zero attached hydrogens (tertiary/aromatic N) is 1. The van der Waals surface area contributed by atoms with Gasteiger partial charge in [0.15, 0.2) is 0 Å². The van der Waals surface area contributed by atoms with Crippen LogP contribution in [0.5, 0.6) is 17.2 Å². The SMILES string of the molecule is COc1cc(OC)c(C2OCCCC2C#N)c(OC)c1. The highest BCUT2D eigenvalue weighted by Gasteiger charge is 2.32. The van der Waals surface area contributed by atoms with E-state index in [0.29, 0.717) is 23.9 Å². The second-order valence-corrected chi connectivity index (χ2v) is 4.61. The number of methoxy groups -OCH3 is 3. The van der Waals surface area contributed by atoms with E-state index in [1.807, 2.05) is 0 Å². The lowest BCUT2D eigenvalue weighted by molar-refractivity contribution is -0.0127. The van der Waals surface area contributed by atoms with Gasteiger partial charge in [0.25, 0.3) is 0 Å². The predicted octanol–water partition coefficient (Wildman–Crippen LogP) is 2.70. The van der Waals surface area contributed by atoms with E-state index in [1.165, 1.54) is 0 Å². The maximum atomic E-state index is 9.31. The van der Waals surface area contributed by atoms with Crippen LogP contribution in [0.15, 0.2) is 12.1 Å². The Morgan fingerprint density at radius 1 is 1.15 bits per heavy atom. The summed E-state index contributed by atoms with van der Waals surface area (Å²) in [5.41, 5.74) is 0.780. The maximum Gasteiger partial charge on any atom is 0.132 e. The fourth-order valence-corrected chi connectivity index (χ4v) is 2.51. The molecule has 5 nitrogen and oxygen atoms in total. The zero-order valence-electron chi connectivity index (χ0n) is 12.0. The minimum absolute atomic E-state index is 0.194. The lowest BCUT2D eigenvalue weighted by Gasteiger charge is -2.30. The Labute approximate surface area is 119 Å². The molecule has 0 saturated carbocycles. The predicted molar refractivity (Wildman–Crippen MR) is 73.1 cm³/mol. The van der Waals surface area contributed by atoms with Crippen molar-refractivity contribution in [2.75, 3.05) is 27.9 Å². The smallest absolute Gasteiger partial charge is 0.132 e. The van der Waals surface area contributed by atoms with Gasteiger partial charge < -0.3 is 18.9 Å². The van der Waals surface area contributed by atoms with Gasteiger partial charge in [-0.25, -0.2) is 0 Å². The van der Waals surface area contributed by atoms with Crippen LogP contribution in [-0.4, -0.2) is 27.9 Å². The molecule has 1 aliphatic heterocycles. The van der Waals surface area contributed by atoms with Gasteiger partial charge in [-0.1, -0.05) is 0 Å². The van der Waals surface area contributed by atoms with E-state index < -0.39 is 0 Å². The molecule has 1 saturated heterocycles. The van der Waals surface area contributed by atoms with Crippen molar-refractivity contribution in [3.63, 3.8) is 0 Å². The third-order valence-corrected chi connectivity index (χ3v) is 3.53. The molecule has 1 fully saturated rings. The molecule has 0 bridgehead atoms. The number of benzene rings is 1. The topological polar surface area (TPSA) is 60.7 Å². The van der Waals surface area contributed by atoms with Crippen molar-refractivity contribution in [3.8, 4) is 23.3 Å². The largest absolute Gasteiger partial charge is 0.496 e. The molecule has 2 atom stereocenters. The normalized spacial score (nSPS) is 21.9. The lowest BCUT2D eigenvalue weighted by Crippen LogP contribution is -2.22. The number of rotatable bonds is 4. The van der Waals surface area contributed by atoms with Gasteiger partial charge in [0.2, 0.25) is 0 Å². The van der Waals surface area contributed by atoms with Crippen LogP contribution >= 0.6 is 0 Å². The highest BCUT2D eigenvalue weighted by Crippen LogP contribution is 2.44. The molecule has 1 aliphatic rings. The van der Waals surface area contributed by atoms with Gasteiger partial charge in [-0.05, 0) is 12.8 Å². The Balaban J connectivity index is 2.50. The number of hydrogen-bond donors (Lipinski definition) is 0. The van der Waals surface area contributed by atoms with Crippen LogP contribution in [0, 0.1) is 17.2 Å². The third-order valence-electron chi connectivity index (χ3n) is 3.53. The summed E-state index contributed by atoms with van der Waals surface area (Å²) in [5.74, 6) is 1.69. The van der Waals surface area contributed by atoms with Crippen molar-refractivity contribution in [1.82, 2.24) is 0 Å². The molecule has 1 aromatic carbocycles. The van der Waals surface area contributed by atoms with Crippen LogP contribution in [0.3, 0.4) is 0 Å². The monoisotopic (exact) mass is 277 g/mol. The highest BCUT2D eigenvalue weighted by atomic mass is 16.5. The molecule has 108 valence electrons. The van der Waals surface area contributed by atoms with E-state index in [2.05, 4.69) is 6.07 Å². The molecule has 0 aliphatic carbocycles. The summed E-state index contributed by atoms with van der Waals surface area (Å²) in [7, 11) is 4.76. The molecule has 20 heavy (non-hydrogen) atoms. The second kappa shape index (κ2) is 6.49. The first-order valence-electron chi connectivity index (χ1n) is 6.56. The molecule has 0 spiro atoms. The molecule has 1 heterocycles. The molecular formula is C15H19NO4. The van der Waals surface area contributed by atoms with Crippen LogP contribution in [0.1, 0.15) is 24.5 Å². The number of hydrogen-bond acceptors (Lipinski definition) is 5. The van der Waals surface area contributed by atoms with Gasteiger partial charge in [0.1, 0.15) is 23.4 Å². The Bertz CT molecular complexity index is 484. The molecule has 0 aromatic heterocycles. The summed E-state index contributed by atoms with van der Waals surface area (Å²) in [6, 6.07) is 5.88. The molecule has 5 heteroatoms. The van der Waals surface area contributed by atoms with Gasteiger partial charge in [0.05, 0.1) is 38.9 Å². The molecule has 1 aromatic rings. The van der Waals surface area contributed by atoms with Crippen LogP contribution in [-0.2, 0) is 4.74 Å². The van der Waals surface area contributed by atoms with E-state index in [-0.39, 0.29) is 12.0 Å². The van der Waals surface area contributed by atoms with Crippen molar-refractivity contribution >= 4 is 0 Å². The van der Waals surface area contributed by atoms with Crippen molar-refractivity contribution in [2.45, 2.75) is 18.9 Å². The summed E-state index contributed by atoms with van der Waals surface area (Å²) in [6.07, 6.45) is 1.39. The Hall–Kier alpha value is -1.93. The first-order chi connectivity index (χ1) is 9.74. The Morgan fingerprint density at radius 3 is 2.30 bits per heavy atom. The molecule has 2 unspecified atom stereocenters. The maximum absolute atomic E-state index is 9.31. The standard InChI is InChI=1S/C15H19NO4/c1-17-11-7-12(18-2)14(13(8-11)19-3)15-10(9-16)5-4-6-20-15/h7-8,10,15H,4-6H2,1-3H3. The van der Waals surface area contributed by atoms with Crippen molar-refractivity contribution in [3.05, 3.63) is 17.7 Å². The molecule has 2 rings (SSSR count). The van der Waals surface area contributed by atoms with Gasteiger partial charge in [-0.3, -0.25) is 0 Å². The third kappa shape index (κ3) is 2.66. The summed E-state index contributed by atoms with van der Waals surface area (Å²) in [6.45, 7) is 0.640. The molecule has 0 amide bonds.